The van der Waals surface area contributed by atoms with Gasteiger partial charge in [0.05, 0.1) is 12.2 Å². The molecule has 0 aromatic carbocycles. The number of likely N-dealkylation sites (N-methyl/N-ethyl adjacent to an activating group) is 1. The molecule has 0 saturated carbocycles. The summed E-state index contributed by atoms with van der Waals surface area (Å²) < 4.78 is 0. The minimum Gasteiger partial charge on any atom is -0.393 e. The molecule has 0 spiro atoms. The number of hydrogen-bond acceptors (Lipinski definition) is 14. The summed E-state index contributed by atoms with van der Waals surface area (Å²) in [7, 11) is 3.77. The van der Waals surface area contributed by atoms with Crippen molar-refractivity contribution in [1.29, 1.82) is 0 Å². The van der Waals surface area contributed by atoms with E-state index in [1.807, 2.05) is 74.4 Å². The van der Waals surface area contributed by atoms with Crippen molar-refractivity contribution in [3.63, 3.8) is 0 Å². The van der Waals surface area contributed by atoms with Gasteiger partial charge in [0.1, 0.15) is 52.6 Å². The smallest absolute Gasteiger partial charge is 0.246 e. The first-order valence-corrected chi connectivity index (χ1v) is 30.8. The summed E-state index contributed by atoms with van der Waals surface area (Å²) in [6.45, 7) is 31.1. The van der Waals surface area contributed by atoms with Gasteiger partial charge in [-0.25, -0.2) is 0 Å². The summed E-state index contributed by atoms with van der Waals surface area (Å²) in [6, 6.07) is -6.61. The first-order chi connectivity index (χ1) is 39.6. The van der Waals surface area contributed by atoms with Gasteiger partial charge in [0.2, 0.25) is 59.1 Å². The van der Waals surface area contributed by atoms with Crippen LogP contribution in [0.25, 0.3) is 0 Å². The number of rotatable bonds is 37. The lowest BCUT2D eigenvalue weighted by Crippen LogP contribution is -2.66. The summed E-state index contributed by atoms with van der Waals surface area (Å²) in [6.07, 6.45) is 2.07. The molecule has 10 amide bonds. The van der Waals surface area contributed by atoms with Crippen molar-refractivity contribution in [2.24, 2.45) is 35.5 Å². The zero-order valence-electron chi connectivity index (χ0n) is 55.5. The number of ketones is 1. The Kier molecular flexibility index (Phi) is 32.4. The van der Waals surface area contributed by atoms with Crippen molar-refractivity contribution in [3.8, 4) is 0 Å². The normalized spacial score (nSPS) is 18.0. The van der Waals surface area contributed by atoms with E-state index in [9.17, 15) is 63.0 Å². The van der Waals surface area contributed by atoms with Crippen molar-refractivity contribution >= 4 is 64.9 Å². The highest BCUT2D eigenvalue weighted by Gasteiger charge is 2.43. The molecule has 1 rings (SSSR count). The number of Topliss-reactive ketones (excluding diaryl/α,β-unsaturated/α-hetero) is 1. The largest absolute Gasteiger partial charge is 0.393 e. The Labute approximate surface area is 512 Å². The third kappa shape index (κ3) is 27.4. The lowest BCUT2D eigenvalue weighted by atomic mass is 9.92. The second-order valence-electron chi connectivity index (χ2n) is 27.1. The Bertz CT molecular complexity index is 2340. The number of nitrogens with zero attached hydrogens (tertiary/aromatic N) is 2. The Balaban J connectivity index is 3.44. The van der Waals surface area contributed by atoms with Crippen LogP contribution in [0.3, 0.4) is 0 Å². The van der Waals surface area contributed by atoms with Gasteiger partial charge in [-0.05, 0) is 136 Å². The SMILES string of the molecule is CCC(=O)C[C@H](O)C[C@@H](C)C[C@H](NC(=O)[C@@H]1C[C@H](C)CN1C(=O)/C=C/[C@@H](C)CC)C(=O)N[C@H](C(=O)NC(C)(C)C(=O)N[C@@H](CC(C)C)C(=O)N[C@@H](CC(C)C)C(=O)NC(C)(C)C(=O)NC(C)(C)C(=O)NCCC(=O)N[C@@H](C)CN(C)C)[C@H](O)C(C)C. The Hall–Kier alpha value is -6.01. The van der Waals surface area contributed by atoms with E-state index in [2.05, 4.69) is 47.9 Å². The molecule has 86 heavy (non-hydrogen) atoms. The summed E-state index contributed by atoms with van der Waals surface area (Å²) in [4.78, 5) is 154. The van der Waals surface area contributed by atoms with Crippen molar-refractivity contribution in [1.82, 2.24) is 57.7 Å². The number of amides is 10. The van der Waals surface area contributed by atoms with Crippen molar-refractivity contribution in [2.75, 3.05) is 33.7 Å². The maximum absolute atomic E-state index is 14.6. The third-order valence-electron chi connectivity index (χ3n) is 15.1. The van der Waals surface area contributed by atoms with Gasteiger partial charge < -0.3 is 67.9 Å². The van der Waals surface area contributed by atoms with Gasteiger partial charge in [-0.2, -0.15) is 0 Å². The molecule has 1 fully saturated rings. The van der Waals surface area contributed by atoms with E-state index in [1.54, 1.807) is 33.8 Å². The second-order valence-corrected chi connectivity index (χ2v) is 27.1. The first kappa shape index (κ1) is 78.0. The molecule has 0 bridgehead atoms. The van der Waals surface area contributed by atoms with Crippen LogP contribution in [0, 0.1) is 35.5 Å². The summed E-state index contributed by atoms with van der Waals surface area (Å²) in [5.74, 6) is -8.25. The van der Waals surface area contributed by atoms with Crippen LogP contribution < -0.4 is 47.9 Å². The zero-order chi connectivity index (χ0) is 66.4. The molecular formula is C62H111N11O13. The average molecular weight is 1220 g/mol. The molecule has 11 N–H and O–H groups in total. The molecule has 1 heterocycles. The number of carbonyl (C=O) groups is 11. The van der Waals surface area contributed by atoms with E-state index in [0.29, 0.717) is 19.5 Å². The highest BCUT2D eigenvalue weighted by molar-refractivity contribution is 6.00. The maximum atomic E-state index is 14.6. The standard InChI is InChI=1S/C62H111N11O13/c1-21-38(9)23-24-49(77)73-33-40(11)31-47(73)55(82)66-46(30-39(10)29-43(75)32-42(74)22-2)53(80)68-50(51(78)37(7)8)56(83)70-61(15,16)58(85)67-44(27-35(3)4)52(79)65-45(28-36(5)6)54(81)69-62(17,18)59(86)71-60(13,14)57(84)63-26-25-48(76)64-41(12)34-72(19)20/h23-24,35-41,43-47,50-51,75,78H,21-22,25-34H2,1-20H3,(H,63,84)(H,64,76)(H,65,79)(H,66,82)(H,67,85)(H,68,80)(H,69,81)(H,70,83)(H,71,86)/b24-23+/t38-,39+,40-,41-,43+,44-,45-,46-,47-,50-,51+/m0/s1. The molecule has 1 aliphatic heterocycles. The molecule has 1 saturated heterocycles. The molecule has 0 aromatic heterocycles. The van der Waals surface area contributed by atoms with Gasteiger partial charge in [0.25, 0.3) is 0 Å². The zero-order valence-corrected chi connectivity index (χ0v) is 55.5. The monoisotopic (exact) mass is 1220 g/mol. The van der Waals surface area contributed by atoms with Crippen LogP contribution in [-0.4, -0.2) is 184 Å². The third-order valence-corrected chi connectivity index (χ3v) is 15.1. The van der Waals surface area contributed by atoms with E-state index in [0.717, 1.165) is 6.42 Å². The van der Waals surface area contributed by atoms with Gasteiger partial charge in [0.15, 0.2) is 0 Å². The van der Waals surface area contributed by atoms with Crippen LogP contribution in [0.1, 0.15) is 182 Å². The quantitative estimate of drug-likeness (QED) is 0.0398. The van der Waals surface area contributed by atoms with Crippen LogP contribution in [0.15, 0.2) is 12.2 Å². The molecule has 492 valence electrons. The molecular weight excluding hydrogens is 1110 g/mol. The minimum absolute atomic E-state index is 0.00837. The van der Waals surface area contributed by atoms with E-state index in [-0.39, 0.29) is 98.8 Å². The van der Waals surface area contributed by atoms with Crippen LogP contribution in [-0.2, 0) is 52.7 Å². The van der Waals surface area contributed by atoms with Gasteiger partial charge in [-0.15, -0.1) is 0 Å². The van der Waals surface area contributed by atoms with Crippen molar-refractivity contribution < 1.29 is 63.0 Å². The van der Waals surface area contributed by atoms with Crippen LogP contribution in [0.2, 0.25) is 0 Å². The summed E-state index contributed by atoms with van der Waals surface area (Å²) >= 11 is 0. The lowest BCUT2D eigenvalue weighted by Gasteiger charge is -2.34. The number of carbonyl (C=O) groups excluding carboxylic acids is 11. The molecule has 11 atom stereocenters. The predicted octanol–water partition coefficient (Wildman–Crippen LogP) is 2.28. The highest BCUT2D eigenvalue weighted by atomic mass is 16.3. The van der Waals surface area contributed by atoms with Crippen molar-refractivity contribution in [3.05, 3.63) is 12.2 Å². The van der Waals surface area contributed by atoms with Gasteiger partial charge in [0, 0.05) is 44.9 Å². The average Bonchev–Trinajstić information content (AvgIpc) is 3.94. The number of aliphatic hydroxyl groups is 2. The summed E-state index contributed by atoms with van der Waals surface area (Å²) in [5.41, 5.74) is -4.93. The van der Waals surface area contributed by atoms with Crippen LogP contribution in [0.5, 0.6) is 0 Å². The van der Waals surface area contributed by atoms with Gasteiger partial charge in [-0.1, -0.05) is 88.7 Å². The van der Waals surface area contributed by atoms with E-state index >= 15 is 0 Å². The number of aliphatic hydroxyl groups excluding tert-OH is 2. The molecule has 0 aromatic rings. The molecule has 24 nitrogen and oxygen atoms in total. The Morgan fingerprint density at radius 1 is 0.628 bits per heavy atom. The molecule has 0 aliphatic carbocycles. The minimum atomic E-state index is -1.82. The van der Waals surface area contributed by atoms with E-state index in [1.165, 1.54) is 52.5 Å². The highest BCUT2D eigenvalue weighted by Crippen LogP contribution is 2.25. The van der Waals surface area contributed by atoms with Gasteiger partial charge >= 0.3 is 0 Å². The van der Waals surface area contributed by atoms with Crippen molar-refractivity contribution in [2.45, 2.75) is 247 Å². The molecule has 24 heteroatoms. The molecule has 0 unspecified atom stereocenters. The first-order valence-electron chi connectivity index (χ1n) is 30.8. The Morgan fingerprint density at radius 3 is 1.69 bits per heavy atom. The summed E-state index contributed by atoms with van der Waals surface area (Å²) in [5, 5.41) is 46.7. The predicted molar refractivity (Wildman–Crippen MR) is 330 cm³/mol. The van der Waals surface area contributed by atoms with Gasteiger partial charge in [-0.3, -0.25) is 52.7 Å². The molecule has 0 radical (unpaired) electrons. The van der Waals surface area contributed by atoms with Crippen LogP contribution in [0.4, 0.5) is 0 Å². The molecule has 1 aliphatic rings. The fourth-order valence-corrected chi connectivity index (χ4v) is 9.77. The number of allylic oxidation sites excluding steroid dienone is 1. The number of likely N-dealkylation sites (tertiary alicyclic amines) is 1. The Morgan fingerprint density at radius 2 is 1.15 bits per heavy atom. The fraction of sp³-hybridized carbons (Fsp3) is 0.790. The second kappa shape index (κ2) is 35.7. The topological polar surface area (TPSA) is 343 Å². The number of nitrogens with one attached hydrogen (secondary N) is 9. The van der Waals surface area contributed by atoms with E-state index < -0.39 is 118 Å². The maximum Gasteiger partial charge on any atom is 0.246 e. The van der Waals surface area contributed by atoms with Crippen LogP contribution >= 0.6 is 0 Å². The van der Waals surface area contributed by atoms with E-state index in [4.69, 9.17) is 0 Å². The number of hydrogen-bond donors (Lipinski definition) is 11. The fourth-order valence-electron chi connectivity index (χ4n) is 9.77. The lowest BCUT2D eigenvalue weighted by molar-refractivity contribution is -0.140.